The second-order valence-corrected chi connectivity index (χ2v) is 4.80. The summed E-state index contributed by atoms with van der Waals surface area (Å²) in [4.78, 5) is 15.9. The summed E-state index contributed by atoms with van der Waals surface area (Å²) in [6.45, 7) is 0. The van der Waals surface area contributed by atoms with E-state index in [0.29, 0.717) is 26.6 Å². The number of aromatic nitrogens is 1. The molecule has 0 unspecified atom stereocenters. The summed E-state index contributed by atoms with van der Waals surface area (Å²) in [5, 5.41) is 3.08. The van der Waals surface area contributed by atoms with Gasteiger partial charge < -0.3 is 11.1 Å². The number of amides is 1. The second-order valence-electron chi connectivity index (χ2n) is 3.56. The largest absolute Gasteiger partial charge is 0.399 e. The molecule has 18 heavy (non-hydrogen) atoms. The van der Waals surface area contributed by atoms with Crippen molar-refractivity contribution >= 4 is 44.8 Å². The third kappa shape index (κ3) is 3.00. The molecule has 0 radical (unpaired) electrons. The lowest BCUT2D eigenvalue weighted by Crippen LogP contribution is -2.13. The number of nitrogens with two attached hydrogens (primary N) is 1. The van der Waals surface area contributed by atoms with Gasteiger partial charge in [-0.3, -0.25) is 4.79 Å². The third-order valence-electron chi connectivity index (χ3n) is 2.22. The Kier molecular flexibility index (Phi) is 3.84. The molecular weight excluding hydrogens is 318 g/mol. The molecule has 0 bridgehead atoms. The standard InChI is InChI=1S/C12H9BrClN3O/c13-10-3-1-7(15)5-9(10)12(18)17-8-2-4-11(14)16-6-8/h1-6H,15H2,(H,17,18). The maximum atomic E-state index is 12.0. The van der Waals surface area contributed by atoms with E-state index in [9.17, 15) is 4.79 Å². The van der Waals surface area contributed by atoms with Gasteiger partial charge in [0.25, 0.3) is 5.91 Å². The third-order valence-corrected chi connectivity index (χ3v) is 3.14. The molecule has 4 nitrogen and oxygen atoms in total. The maximum absolute atomic E-state index is 12.0. The molecule has 2 rings (SSSR count). The molecule has 3 N–H and O–H groups in total. The minimum Gasteiger partial charge on any atom is -0.399 e. The highest BCUT2D eigenvalue weighted by Gasteiger charge is 2.10. The predicted molar refractivity (Wildman–Crippen MR) is 75.8 cm³/mol. The van der Waals surface area contributed by atoms with E-state index in [-0.39, 0.29) is 5.91 Å². The summed E-state index contributed by atoms with van der Waals surface area (Å²) in [6.07, 6.45) is 1.49. The van der Waals surface area contributed by atoms with Crippen LogP contribution in [-0.2, 0) is 0 Å². The smallest absolute Gasteiger partial charge is 0.256 e. The number of rotatable bonds is 2. The SMILES string of the molecule is Nc1ccc(Br)c(C(=O)Nc2ccc(Cl)nc2)c1. The number of anilines is 2. The van der Waals surface area contributed by atoms with Crippen LogP contribution >= 0.6 is 27.5 Å². The Bertz CT molecular complexity index is 586. The zero-order valence-electron chi connectivity index (χ0n) is 9.15. The van der Waals surface area contributed by atoms with Crippen LogP contribution in [0.1, 0.15) is 10.4 Å². The summed E-state index contributed by atoms with van der Waals surface area (Å²) in [6, 6.07) is 8.32. The number of nitrogens with one attached hydrogen (secondary N) is 1. The normalized spacial score (nSPS) is 10.1. The highest BCUT2D eigenvalue weighted by Crippen LogP contribution is 2.21. The van der Waals surface area contributed by atoms with Crippen molar-refractivity contribution in [1.29, 1.82) is 0 Å². The van der Waals surface area contributed by atoms with Crippen molar-refractivity contribution in [3.8, 4) is 0 Å². The zero-order chi connectivity index (χ0) is 13.1. The highest BCUT2D eigenvalue weighted by molar-refractivity contribution is 9.10. The molecule has 92 valence electrons. The second kappa shape index (κ2) is 5.37. The molecule has 0 aliphatic carbocycles. The Labute approximate surface area is 117 Å². The van der Waals surface area contributed by atoms with Gasteiger partial charge in [0.05, 0.1) is 17.4 Å². The minimum atomic E-state index is -0.265. The summed E-state index contributed by atoms with van der Waals surface area (Å²) < 4.78 is 0.677. The van der Waals surface area contributed by atoms with Gasteiger partial charge in [-0.1, -0.05) is 11.6 Å². The van der Waals surface area contributed by atoms with Crippen LogP contribution in [0.2, 0.25) is 5.15 Å². The van der Waals surface area contributed by atoms with Crippen molar-refractivity contribution in [3.05, 3.63) is 51.7 Å². The van der Waals surface area contributed by atoms with Crippen molar-refractivity contribution < 1.29 is 4.79 Å². The molecule has 2 aromatic rings. The number of carbonyl (C=O) groups is 1. The molecule has 1 aromatic heterocycles. The number of nitrogens with zero attached hydrogens (tertiary/aromatic N) is 1. The van der Waals surface area contributed by atoms with Gasteiger partial charge in [0.2, 0.25) is 0 Å². The quantitative estimate of drug-likeness (QED) is 0.657. The molecule has 0 atom stereocenters. The number of nitrogen functional groups attached to an aromatic ring is 1. The Balaban J connectivity index is 2.21. The van der Waals surface area contributed by atoms with Crippen molar-refractivity contribution in [2.75, 3.05) is 11.1 Å². The molecular formula is C12H9BrClN3O. The lowest BCUT2D eigenvalue weighted by Gasteiger charge is -2.07. The van der Waals surface area contributed by atoms with Crippen LogP contribution in [0.3, 0.4) is 0 Å². The summed E-state index contributed by atoms with van der Waals surface area (Å²) >= 11 is 8.97. The molecule has 1 aromatic carbocycles. The van der Waals surface area contributed by atoms with E-state index in [4.69, 9.17) is 17.3 Å². The molecule has 0 aliphatic rings. The van der Waals surface area contributed by atoms with Gasteiger partial charge in [0.15, 0.2) is 0 Å². The summed E-state index contributed by atoms with van der Waals surface area (Å²) in [5.41, 5.74) is 7.20. The average molecular weight is 327 g/mol. The van der Waals surface area contributed by atoms with Gasteiger partial charge in [-0.25, -0.2) is 4.98 Å². The fraction of sp³-hybridized carbons (Fsp3) is 0. The van der Waals surface area contributed by atoms with Gasteiger partial charge in [-0.05, 0) is 46.3 Å². The monoisotopic (exact) mass is 325 g/mol. The zero-order valence-corrected chi connectivity index (χ0v) is 11.5. The molecule has 0 saturated heterocycles. The van der Waals surface area contributed by atoms with Gasteiger partial charge in [-0.15, -0.1) is 0 Å². The van der Waals surface area contributed by atoms with Crippen LogP contribution in [0.25, 0.3) is 0 Å². The van der Waals surface area contributed by atoms with E-state index in [1.54, 1.807) is 30.3 Å². The molecule has 6 heteroatoms. The van der Waals surface area contributed by atoms with Crippen LogP contribution in [-0.4, -0.2) is 10.9 Å². The number of hydrogen-bond donors (Lipinski definition) is 2. The first-order valence-corrected chi connectivity index (χ1v) is 6.21. The first-order valence-electron chi connectivity index (χ1n) is 5.04. The van der Waals surface area contributed by atoms with E-state index in [1.165, 1.54) is 6.20 Å². The van der Waals surface area contributed by atoms with Crippen LogP contribution < -0.4 is 11.1 Å². The topological polar surface area (TPSA) is 68.0 Å². The van der Waals surface area contributed by atoms with Gasteiger partial charge in [0.1, 0.15) is 5.15 Å². The molecule has 1 heterocycles. The van der Waals surface area contributed by atoms with Gasteiger partial charge in [0, 0.05) is 10.2 Å². The maximum Gasteiger partial charge on any atom is 0.256 e. The molecule has 0 fully saturated rings. The Hall–Kier alpha value is -1.59. The van der Waals surface area contributed by atoms with Crippen LogP contribution in [0.15, 0.2) is 41.0 Å². The van der Waals surface area contributed by atoms with E-state index in [0.717, 1.165) is 0 Å². The minimum absolute atomic E-state index is 0.265. The first-order chi connectivity index (χ1) is 8.56. The lowest BCUT2D eigenvalue weighted by molar-refractivity contribution is 0.102. The van der Waals surface area contributed by atoms with Crippen molar-refractivity contribution in [2.24, 2.45) is 0 Å². The average Bonchev–Trinajstić information content (AvgIpc) is 2.35. The van der Waals surface area contributed by atoms with Crippen molar-refractivity contribution in [1.82, 2.24) is 4.98 Å². The number of pyridine rings is 1. The van der Waals surface area contributed by atoms with Gasteiger partial charge >= 0.3 is 0 Å². The predicted octanol–water partition coefficient (Wildman–Crippen LogP) is 3.33. The lowest BCUT2D eigenvalue weighted by atomic mass is 10.2. The Morgan fingerprint density at radius 3 is 2.78 bits per heavy atom. The number of benzene rings is 1. The highest BCUT2D eigenvalue weighted by atomic mass is 79.9. The molecule has 1 amide bonds. The number of halogens is 2. The fourth-order valence-corrected chi connectivity index (χ4v) is 1.90. The fourth-order valence-electron chi connectivity index (χ4n) is 1.37. The van der Waals surface area contributed by atoms with E-state index >= 15 is 0 Å². The Morgan fingerprint density at radius 1 is 1.33 bits per heavy atom. The Morgan fingerprint density at radius 2 is 2.11 bits per heavy atom. The summed E-state index contributed by atoms with van der Waals surface area (Å²) in [7, 11) is 0. The van der Waals surface area contributed by atoms with Crippen LogP contribution in [0.5, 0.6) is 0 Å². The van der Waals surface area contributed by atoms with Crippen molar-refractivity contribution in [3.63, 3.8) is 0 Å². The number of carbonyl (C=O) groups excluding carboxylic acids is 1. The summed E-state index contributed by atoms with van der Waals surface area (Å²) in [5.74, 6) is -0.265. The van der Waals surface area contributed by atoms with E-state index < -0.39 is 0 Å². The number of hydrogen-bond acceptors (Lipinski definition) is 3. The molecule has 0 saturated carbocycles. The van der Waals surface area contributed by atoms with Crippen molar-refractivity contribution in [2.45, 2.75) is 0 Å². The van der Waals surface area contributed by atoms with Gasteiger partial charge in [-0.2, -0.15) is 0 Å². The first kappa shape index (κ1) is 12.9. The molecule has 0 spiro atoms. The van der Waals surface area contributed by atoms with E-state index in [1.807, 2.05) is 0 Å². The van der Waals surface area contributed by atoms with Crippen LogP contribution in [0, 0.1) is 0 Å². The molecule has 0 aliphatic heterocycles. The van der Waals surface area contributed by atoms with E-state index in [2.05, 4.69) is 26.2 Å². The van der Waals surface area contributed by atoms with Crippen LogP contribution in [0.4, 0.5) is 11.4 Å².